The van der Waals surface area contributed by atoms with Gasteiger partial charge in [0.25, 0.3) is 0 Å². The van der Waals surface area contributed by atoms with E-state index in [4.69, 9.17) is 5.73 Å². The van der Waals surface area contributed by atoms with Crippen molar-refractivity contribution in [1.82, 2.24) is 14.5 Å². The van der Waals surface area contributed by atoms with Crippen molar-refractivity contribution in [3.63, 3.8) is 0 Å². The zero-order chi connectivity index (χ0) is 18.8. The van der Waals surface area contributed by atoms with Crippen LogP contribution in [0.15, 0.2) is 42.7 Å². The summed E-state index contributed by atoms with van der Waals surface area (Å²) in [7, 11) is 1.91. The Morgan fingerprint density at radius 1 is 1.22 bits per heavy atom. The lowest BCUT2D eigenvalue weighted by Crippen LogP contribution is -2.49. The molecule has 5 nitrogen and oxygen atoms in total. The number of fused-ring (bicyclic) bond motifs is 2. The molecule has 2 aliphatic carbocycles. The molecule has 144 valence electrons. The van der Waals surface area contributed by atoms with Gasteiger partial charge >= 0.3 is 0 Å². The van der Waals surface area contributed by atoms with E-state index in [1.807, 2.05) is 42.5 Å². The van der Waals surface area contributed by atoms with E-state index in [2.05, 4.69) is 21.7 Å². The van der Waals surface area contributed by atoms with Crippen LogP contribution in [0.2, 0.25) is 0 Å². The monoisotopic (exact) mass is 366 g/mol. The summed E-state index contributed by atoms with van der Waals surface area (Å²) in [6.07, 6.45) is 9.37. The summed E-state index contributed by atoms with van der Waals surface area (Å²) in [5, 5.41) is 0. The fraction of sp³-hybridized carbons (Fsp3) is 0.545. The first-order valence-corrected chi connectivity index (χ1v) is 10.2. The maximum absolute atomic E-state index is 13.1. The molecular weight excluding hydrogens is 336 g/mol. The average Bonchev–Trinajstić information content (AvgIpc) is 3.08. The van der Waals surface area contributed by atoms with Crippen LogP contribution in [0, 0.1) is 17.8 Å². The minimum atomic E-state index is 0.127. The second-order valence-corrected chi connectivity index (χ2v) is 8.35. The number of hydrogen-bond donors (Lipinski definition) is 1. The highest BCUT2D eigenvalue weighted by molar-refractivity contribution is 5.78. The molecule has 2 atom stereocenters. The molecule has 1 aromatic carbocycles. The SMILES string of the molecule is CN(Cc1nccn1Cc1ccccc1)C(=O)C1CC2CCCC(C1)C2N. The Bertz CT molecular complexity index is 758. The highest BCUT2D eigenvalue weighted by Gasteiger charge is 2.41. The molecule has 5 heteroatoms. The van der Waals surface area contributed by atoms with Crippen LogP contribution < -0.4 is 5.73 Å². The van der Waals surface area contributed by atoms with Crippen LogP contribution in [0.3, 0.4) is 0 Å². The molecule has 1 amide bonds. The fourth-order valence-corrected chi connectivity index (χ4v) is 5.01. The van der Waals surface area contributed by atoms with Crippen LogP contribution in [0.25, 0.3) is 0 Å². The molecule has 4 rings (SSSR count). The van der Waals surface area contributed by atoms with Crippen LogP contribution in [0.4, 0.5) is 0 Å². The molecule has 0 spiro atoms. The van der Waals surface area contributed by atoms with Crippen molar-refractivity contribution in [2.24, 2.45) is 23.5 Å². The molecule has 1 heterocycles. The Balaban J connectivity index is 1.40. The first-order valence-electron chi connectivity index (χ1n) is 10.2. The fourth-order valence-electron chi connectivity index (χ4n) is 5.01. The number of aromatic nitrogens is 2. The molecule has 2 aliphatic rings. The molecule has 27 heavy (non-hydrogen) atoms. The number of imidazole rings is 1. The molecule has 2 fully saturated rings. The van der Waals surface area contributed by atoms with E-state index >= 15 is 0 Å². The molecule has 2 saturated carbocycles. The average molecular weight is 367 g/mol. The number of nitrogens with zero attached hydrogens (tertiary/aromatic N) is 3. The van der Waals surface area contributed by atoms with E-state index in [1.54, 1.807) is 0 Å². The van der Waals surface area contributed by atoms with Crippen LogP contribution in [-0.4, -0.2) is 33.4 Å². The second kappa shape index (κ2) is 7.85. The lowest BCUT2D eigenvalue weighted by Gasteiger charge is -2.44. The normalized spacial score (nSPS) is 27.3. The maximum atomic E-state index is 13.1. The lowest BCUT2D eigenvalue weighted by atomic mass is 9.65. The van der Waals surface area contributed by atoms with Gasteiger partial charge in [-0.2, -0.15) is 0 Å². The molecule has 0 saturated heterocycles. The van der Waals surface area contributed by atoms with E-state index in [0.717, 1.165) is 25.2 Å². The van der Waals surface area contributed by atoms with Gasteiger partial charge in [-0.1, -0.05) is 36.8 Å². The van der Waals surface area contributed by atoms with Gasteiger partial charge in [0.05, 0.1) is 6.54 Å². The molecule has 2 N–H and O–H groups in total. The van der Waals surface area contributed by atoms with E-state index in [9.17, 15) is 4.79 Å². The summed E-state index contributed by atoms with van der Waals surface area (Å²) < 4.78 is 2.13. The predicted molar refractivity (Wildman–Crippen MR) is 106 cm³/mol. The number of benzene rings is 1. The summed E-state index contributed by atoms with van der Waals surface area (Å²) in [4.78, 5) is 19.4. The highest BCUT2D eigenvalue weighted by Crippen LogP contribution is 2.42. The summed E-state index contributed by atoms with van der Waals surface area (Å²) in [5.74, 6) is 2.37. The number of carbonyl (C=O) groups excluding carboxylic acids is 1. The summed E-state index contributed by atoms with van der Waals surface area (Å²) in [5.41, 5.74) is 7.62. The quantitative estimate of drug-likeness (QED) is 0.885. The Kier molecular flexibility index (Phi) is 5.30. The lowest BCUT2D eigenvalue weighted by molar-refractivity contribution is -0.138. The van der Waals surface area contributed by atoms with Crippen LogP contribution in [-0.2, 0) is 17.9 Å². The van der Waals surface area contributed by atoms with Crippen LogP contribution >= 0.6 is 0 Å². The largest absolute Gasteiger partial charge is 0.338 e. The van der Waals surface area contributed by atoms with Crippen molar-refractivity contribution in [1.29, 1.82) is 0 Å². The van der Waals surface area contributed by atoms with E-state index in [-0.39, 0.29) is 11.8 Å². The first kappa shape index (κ1) is 18.2. The summed E-state index contributed by atoms with van der Waals surface area (Å²) in [6.45, 7) is 1.33. The van der Waals surface area contributed by atoms with Crippen molar-refractivity contribution in [3.05, 3.63) is 54.1 Å². The minimum Gasteiger partial charge on any atom is -0.338 e. The van der Waals surface area contributed by atoms with Crippen LogP contribution in [0.1, 0.15) is 43.5 Å². The van der Waals surface area contributed by atoms with Gasteiger partial charge < -0.3 is 15.2 Å². The van der Waals surface area contributed by atoms with Crippen molar-refractivity contribution < 1.29 is 4.79 Å². The third kappa shape index (κ3) is 3.93. The number of hydrogen-bond acceptors (Lipinski definition) is 3. The van der Waals surface area contributed by atoms with Crippen LogP contribution in [0.5, 0.6) is 0 Å². The third-order valence-corrected chi connectivity index (χ3v) is 6.51. The standard InChI is InChI=1S/C22H30N4O/c1-25(22(27)19-12-17-8-5-9-18(13-19)21(17)23)15-20-24-10-11-26(20)14-16-6-3-2-4-7-16/h2-4,6-7,10-11,17-19,21H,5,8-9,12-15,23H2,1H3. The van der Waals surface area contributed by atoms with Gasteiger partial charge in [0.2, 0.25) is 5.91 Å². The predicted octanol–water partition coefficient (Wildman–Crippen LogP) is 3.04. The van der Waals surface area contributed by atoms with Crippen molar-refractivity contribution in [2.45, 2.75) is 51.2 Å². The molecule has 2 aromatic rings. The van der Waals surface area contributed by atoms with Gasteiger partial charge in [0.1, 0.15) is 5.82 Å². The Morgan fingerprint density at radius 3 is 2.63 bits per heavy atom. The van der Waals surface area contributed by atoms with E-state index in [0.29, 0.717) is 24.4 Å². The third-order valence-electron chi connectivity index (χ3n) is 6.51. The number of amides is 1. The second-order valence-electron chi connectivity index (χ2n) is 8.35. The topological polar surface area (TPSA) is 64.2 Å². The van der Waals surface area contributed by atoms with Gasteiger partial charge in [-0.3, -0.25) is 4.79 Å². The summed E-state index contributed by atoms with van der Waals surface area (Å²) in [6, 6.07) is 10.7. The van der Waals surface area contributed by atoms with E-state index < -0.39 is 0 Å². The Morgan fingerprint density at radius 2 is 1.93 bits per heavy atom. The smallest absolute Gasteiger partial charge is 0.225 e. The number of nitrogens with two attached hydrogens (primary N) is 1. The Hall–Kier alpha value is -2.14. The molecule has 0 radical (unpaired) electrons. The van der Waals surface area contributed by atoms with Gasteiger partial charge in [0, 0.05) is 37.9 Å². The molecule has 0 aliphatic heterocycles. The maximum Gasteiger partial charge on any atom is 0.225 e. The number of carbonyl (C=O) groups is 1. The van der Waals surface area contributed by atoms with Crippen molar-refractivity contribution in [2.75, 3.05) is 7.05 Å². The van der Waals surface area contributed by atoms with E-state index in [1.165, 1.54) is 24.8 Å². The van der Waals surface area contributed by atoms with Gasteiger partial charge in [-0.25, -0.2) is 4.98 Å². The summed E-state index contributed by atoms with van der Waals surface area (Å²) >= 11 is 0. The van der Waals surface area contributed by atoms with Gasteiger partial charge in [0.15, 0.2) is 0 Å². The first-order chi connectivity index (χ1) is 13.1. The highest BCUT2D eigenvalue weighted by atomic mass is 16.2. The zero-order valence-corrected chi connectivity index (χ0v) is 16.1. The van der Waals surface area contributed by atoms with Crippen molar-refractivity contribution >= 4 is 5.91 Å². The van der Waals surface area contributed by atoms with Gasteiger partial charge in [-0.15, -0.1) is 0 Å². The van der Waals surface area contributed by atoms with Crippen molar-refractivity contribution in [3.8, 4) is 0 Å². The molecule has 2 bridgehead atoms. The Labute approximate surface area is 161 Å². The number of rotatable bonds is 5. The van der Waals surface area contributed by atoms with Gasteiger partial charge in [-0.05, 0) is 43.1 Å². The minimum absolute atomic E-state index is 0.127. The molecular formula is C22H30N4O. The molecule has 1 aromatic heterocycles. The molecule has 2 unspecified atom stereocenters. The zero-order valence-electron chi connectivity index (χ0n) is 16.1.